The Morgan fingerprint density at radius 3 is 2.75 bits per heavy atom. The van der Waals surface area contributed by atoms with Crippen LogP contribution >= 0.6 is 23.2 Å². The molecule has 8 heteroatoms. The minimum Gasteiger partial charge on any atom is -0.342 e. The van der Waals surface area contributed by atoms with Crippen molar-refractivity contribution in [1.29, 1.82) is 0 Å². The molecule has 1 unspecified atom stereocenters. The Morgan fingerprint density at radius 1 is 1.12 bits per heavy atom. The summed E-state index contributed by atoms with van der Waals surface area (Å²) in [6.45, 7) is 3.88. The first kappa shape index (κ1) is 21.0. The molecule has 2 aromatic heterocycles. The van der Waals surface area contributed by atoms with Gasteiger partial charge >= 0.3 is 0 Å². The molecule has 0 aliphatic heterocycles. The van der Waals surface area contributed by atoms with Crippen molar-refractivity contribution in [3.05, 3.63) is 75.0 Å². The zero-order valence-corrected chi connectivity index (χ0v) is 19.4. The van der Waals surface area contributed by atoms with Crippen LogP contribution < -0.4 is 5.32 Å². The summed E-state index contributed by atoms with van der Waals surface area (Å²) in [4.78, 5) is 25.4. The smallest absolute Gasteiger partial charge is 0.251 e. The molecule has 0 saturated carbocycles. The van der Waals surface area contributed by atoms with E-state index in [1.54, 1.807) is 18.2 Å². The van der Waals surface area contributed by atoms with Gasteiger partial charge in [0.25, 0.3) is 5.91 Å². The van der Waals surface area contributed by atoms with Crippen molar-refractivity contribution in [1.82, 2.24) is 24.8 Å². The van der Waals surface area contributed by atoms with Crippen LogP contribution in [0.15, 0.2) is 36.4 Å². The van der Waals surface area contributed by atoms with E-state index in [4.69, 9.17) is 28.2 Å². The number of aromatic nitrogens is 4. The van der Waals surface area contributed by atoms with Crippen LogP contribution in [0.5, 0.6) is 0 Å². The van der Waals surface area contributed by atoms with Crippen molar-refractivity contribution < 1.29 is 4.79 Å². The monoisotopic (exact) mass is 467 g/mol. The predicted molar refractivity (Wildman–Crippen MR) is 127 cm³/mol. The van der Waals surface area contributed by atoms with Gasteiger partial charge in [0.1, 0.15) is 11.6 Å². The molecule has 32 heavy (non-hydrogen) atoms. The highest BCUT2D eigenvalue weighted by Crippen LogP contribution is 2.30. The van der Waals surface area contributed by atoms with Crippen molar-refractivity contribution in [2.75, 3.05) is 0 Å². The lowest BCUT2D eigenvalue weighted by Crippen LogP contribution is -2.27. The number of imidazole rings is 2. The standard InChI is InChI=1S/C24H23Cl2N5O/c1-13(23-29-18-9-8-16(25)12-20(18)30-23)27-24(32)15-7-10-21(17(26)11-15)31-14(2)28-19-5-3-4-6-22(19)31/h7-13H,3-6H2,1-2H3,(H,27,32)(H,29,30). The highest BCUT2D eigenvalue weighted by Gasteiger charge is 2.21. The molecule has 0 fully saturated rings. The van der Waals surface area contributed by atoms with Crippen molar-refractivity contribution in [2.45, 2.75) is 45.6 Å². The normalized spacial score (nSPS) is 14.4. The number of nitrogens with one attached hydrogen (secondary N) is 2. The lowest BCUT2D eigenvalue weighted by molar-refractivity contribution is 0.0938. The third-order valence-corrected chi connectivity index (χ3v) is 6.51. The minimum atomic E-state index is -0.310. The molecule has 4 aromatic rings. The number of hydrogen-bond acceptors (Lipinski definition) is 3. The number of carbonyl (C=O) groups excluding carboxylic acids is 1. The van der Waals surface area contributed by atoms with Crippen LogP contribution in [-0.2, 0) is 12.8 Å². The van der Waals surface area contributed by atoms with Crippen molar-refractivity contribution in [2.24, 2.45) is 0 Å². The Morgan fingerprint density at radius 2 is 1.94 bits per heavy atom. The molecular formula is C24H23Cl2N5O. The fraction of sp³-hybridized carbons (Fsp3) is 0.292. The third kappa shape index (κ3) is 3.78. The van der Waals surface area contributed by atoms with E-state index in [0.29, 0.717) is 21.4 Å². The SMILES string of the molecule is Cc1nc2c(n1-c1ccc(C(=O)NC(C)c3nc4ccc(Cl)cc4[nH]3)cc1Cl)CCCC2. The van der Waals surface area contributed by atoms with E-state index < -0.39 is 0 Å². The summed E-state index contributed by atoms with van der Waals surface area (Å²) in [6, 6.07) is 10.6. The third-order valence-electron chi connectivity index (χ3n) is 5.97. The van der Waals surface area contributed by atoms with Gasteiger partial charge in [-0.1, -0.05) is 23.2 Å². The van der Waals surface area contributed by atoms with Crippen LogP contribution in [0.4, 0.5) is 0 Å². The summed E-state index contributed by atoms with van der Waals surface area (Å²) < 4.78 is 2.13. The summed E-state index contributed by atoms with van der Waals surface area (Å²) in [7, 11) is 0. The molecule has 0 bridgehead atoms. The van der Waals surface area contributed by atoms with Gasteiger partial charge in [-0.2, -0.15) is 0 Å². The number of aryl methyl sites for hydroxylation is 2. The van der Waals surface area contributed by atoms with Gasteiger partial charge < -0.3 is 10.3 Å². The zero-order chi connectivity index (χ0) is 22.4. The number of aromatic amines is 1. The summed E-state index contributed by atoms with van der Waals surface area (Å²) in [6.07, 6.45) is 4.33. The molecule has 6 nitrogen and oxygen atoms in total. The molecule has 2 aromatic carbocycles. The highest BCUT2D eigenvalue weighted by molar-refractivity contribution is 6.32. The number of hydrogen-bond donors (Lipinski definition) is 2. The predicted octanol–water partition coefficient (Wildman–Crippen LogP) is 5.73. The zero-order valence-electron chi connectivity index (χ0n) is 17.9. The van der Waals surface area contributed by atoms with Crippen LogP contribution in [0.3, 0.4) is 0 Å². The Balaban J connectivity index is 1.38. The average Bonchev–Trinajstić information content (AvgIpc) is 3.33. The Hall–Kier alpha value is -2.83. The Labute approximate surface area is 196 Å². The number of rotatable bonds is 4. The fourth-order valence-corrected chi connectivity index (χ4v) is 4.82. The lowest BCUT2D eigenvalue weighted by atomic mass is 10.0. The van der Waals surface area contributed by atoms with Gasteiger partial charge in [0.05, 0.1) is 33.5 Å². The van der Waals surface area contributed by atoms with Gasteiger partial charge in [-0.05, 0) is 75.9 Å². The van der Waals surface area contributed by atoms with Crippen LogP contribution in [0.1, 0.15) is 59.2 Å². The minimum absolute atomic E-state index is 0.214. The summed E-state index contributed by atoms with van der Waals surface area (Å²) in [5.41, 5.74) is 5.38. The second-order valence-electron chi connectivity index (χ2n) is 8.24. The molecule has 1 atom stereocenters. The maximum Gasteiger partial charge on any atom is 0.251 e. The number of H-pyrrole nitrogens is 1. The Kier molecular flexibility index (Phi) is 5.43. The van der Waals surface area contributed by atoms with Crippen LogP contribution in [0.25, 0.3) is 16.7 Å². The quantitative estimate of drug-likeness (QED) is 0.402. The van der Waals surface area contributed by atoms with Crippen molar-refractivity contribution in [3.63, 3.8) is 0 Å². The second-order valence-corrected chi connectivity index (χ2v) is 9.08. The molecule has 1 aliphatic carbocycles. The molecule has 1 amide bonds. The van der Waals surface area contributed by atoms with Crippen molar-refractivity contribution in [3.8, 4) is 5.69 Å². The fourth-order valence-electron chi connectivity index (χ4n) is 4.38. The number of benzene rings is 2. The molecule has 0 spiro atoms. The molecule has 2 heterocycles. The lowest BCUT2D eigenvalue weighted by Gasteiger charge is -2.17. The van der Waals surface area contributed by atoms with Gasteiger partial charge in [0.15, 0.2) is 0 Å². The molecule has 164 valence electrons. The van der Waals surface area contributed by atoms with Gasteiger partial charge in [-0.3, -0.25) is 9.36 Å². The second kappa shape index (κ2) is 8.26. The van der Waals surface area contributed by atoms with Crippen LogP contribution in [0.2, 0.25) is 10.0 Å². The first-order valence-corrected chi connectivity index (χ1v) is 11.5. The van der Waals surface area contributed by atoms with E-state index in [1.165, 1.54) is 12.1 Å². The molecular weight excluding hydrogens is 445 g/mol. The topological polar surface area (TPSA) is 75.6 Å². The van der Waals surface area contributed by atoms with Crippen LogP contribution in [-0.4, -0.2) is 25.4 Å². The molecule has 0 saturated heterocycles. The molecule has 1 aliphatic rings. The van der Waals surface area contributed by atoms with Gasteiger partial charge in [0, 0.05) is 16.3 Å². The maximum absolute atomic E-state index is 12.9. The first-order chi connectivity index (χ1) is 15.4. The number of amides is 1. The summed E-state index contributed by atoms with van der Waals surface area (Å²) >= 11 is 12.7. The summed E-state index contributed by atoms with van der Waals surface area (Å²) in [5, 5.41) is 4.15. The van der Waals surface area contributed by atoms with Gasteiger partial charge in [0.2, 0.25) is 0 Å². The maximum atomic E-state index is 12.9. The summed E-state index contributed by atoms with van der Waals surface area (Å²) in [5.74, 6) is 1.38. The van der Waals surface area contributed by atoms with E-state index in [0.717, 1.165) is 47.5 Å². The number of fused-ring (bicyclic) bond motifs is 2. The van der Waals surface area contributed by atoms with Gasteiger partial charge in [-0.15, -0.1) is 0 Å². The Bertz CT molecular complexity index is 1340. The van der Waals surface area contributed by atoms with E-state index >= 15 is 0 Å². The number of halogens is 2. The molecule has 2 N–H and O–H groups in total. The first-order valence-electron chi connectivity index (χ1n) is 10.7. The van der Waals surface area contributed by atoms with Crippen molar-refractivity contribution >= 4 is 40.1 Å². The number of nitrogens with zero attached hydrogens (tertiary/aromatic N) is 3. The van der Waals surface area contributed by atoms with E-state index in [9.17, 15) is 4.79 Å². The average molecular weight is 468 g/mol. The van der Waals surface area contributed by atoms with E-state index in [1.807, 2.05) is 32.0 Å². The molecule has 5 rings (SSSR count). The van der Waals surface area contributed by atoms with E-state index in [2.05, 4.69) is 19.9 Å². The van der Waals surface area contributed by atoms with E-state index in [-0.39, 0.29) is 11.9 Å². The highest BCUT2D eigenvalue weighted by atomic mass is 35.5. The van der Waals surface area contributed by atoms with Gasteiger partial charge in [-0.25, -0.2) is 9.97 Å². The largest absolute Gasteiger partial charge is 0.342 e. The molecule has 0 radical (unpaired) electrons. The van der Waals surface area contributed by atoms with Crippen LogP contribution in [0, 0.1) is 6.92 Å². The number of carbonyl (C=O) groups is 1.